The highest BCUT2D eigenvalue weighted by molar-refractivity contribution is 7.89. The molecule has 0 aliphatic heterocycles. The molecule has 0 spiro atoms. The lowest BCUT2D eigenvalue weighted by Crippen LogP contribution is -2.30. The first kappa shape index (κ1) is 24.8. The Hall–Kier alpha value is -2.45. The predicted octanol–water partition coefficient (Wildman–Crippen LogP) is 3.28. The van der Waals surface area contributed by atoms with E-state index in [9.17, 15) is 18.0 Å². The smallest absolute Gasteiger partial charge is 0.331 e. The van der Waals surface area contributed by atoms with E-state index < -0.39 is 16.0 Å². The van der Waals surface area contributed by atoms with Gasteiger partial charge in [0.1, 0.15) is 0 Å². The molecule has 1 N–H and O–H groups in total. The highest BCUT2D eigenvalue weighted by Gasteiger charge is 2.20. The summed E-state index contributed by atoms with van der Waals surface area (Å²) in [6.45, 7) is 4.59. The topological polar surface area (TPSA) is 92.8 Å². The molecule has 8 heteroatoms. The first-order valence-corrected chi connectivity index (χ1v) is 12.2. The van der Waals surface area contributed by atoms with Crippen LogP contribution in [0, 0.1) is 0 Å². The van der Waals surface area contributed by atoms with Crippen LogP contribution in [0.4, 0.5) is 0 Å². The number of benzene rings is 1. The van der Waals surface area contributed by atoms with Gasteiger partial charge in [-0.3, -0.25) is 4.79 Å². The van der Waals surface area contributed by atoms with E-state index in [4.69, 9.17) is 4.74 Å². The zero-order chi connectivity index (χ0) is 22.7. The van der Waals surface area contributed by atoms with Gasteiger partial charge in [0.15, 0.2) is 6.61 Å². The molecule has 1 aliphatic rings. The molecule has 1 aromatic rings. The number of carbonyl (C=O) groups excluding carboxylic acids is 2. The van der Waals surface area contributed by atoms with E-state index in [1.54, 1.807) is 26.0 Å². The molecular formula is C23H32N2O5S. The van der Waals surface area contributed by atoms with Crippen molar-refractivity contribution in [1.29, 1.82) is 0 Å². The van der Waals surface area contributed by atoms with Crippen LogP contribution >= 0.6 is 0 Å². The fourth-order valence-corrected chi connectivity index (χ4v) is 4.82. The number of ether oxygens (including phenoxy) is 1. The Balaban J connectivity index is 1.77. The molecule has 1 aromatic carbocycles. The van der Waals surface area contributed by atoms with Gasteiger partial charge in [-0.1, -0.05) is 37.6 Å². The second kappa shape index (κ2) is 12.4. The molecule has 0 unspecified atom stereocenters. The van der Waals surface area contributed by atoms with Gasteiger partial charge in [0.05, 0.1) is 4.90 Å². The Morgan fingerprint density at radius 3 is 2.45 bits per heavy atom. The lowest BCUT2D eigenvalue weighted by Gasteiger charge is -2.18. The summed E-state index contributed by atoms with van der Waals surface area (Å²) in [6.07, 6.45) is 10.5. The van der Waals surface area contributed by atoms with Crippen molar-refractivity contribution in [3.63, 3.8) is 0 Å². The normalized spacial score (nSPS) is 14.5. The minimum atomic E-state index is -3.51. The van der Waals surface area contributed by atoms with Crippen LogP contribution in [0.5, 0.6) is 0 Å². The molecule has 0 aromatic heterocycles. The third-order valence-electron chi connectivity index (χ3n) is 5.13. The van der Waals surface area contributed by atoms with Gasteiger partial charge in [0.2, 0.25) is 10.0 Å². The van der Waals surface area contributed by atoms with Crippen LogP contribution in [0.1, 0.15) is 51.5 Å². The standard InChI is InChI=1S/C23H32N2O5S/c1-3-25(4-2)31(28,29)21-13-10-20(11-14-21)12-15-23(27)30-18-22(26)24-17-16-19-8-6-5-7-9-19/h8,10-15H,3-7,9,16-18H2,1-2H3,(H,24,26)/b15-12+. The van der Waals surface area contributed by atoms with Gasteiger partial charge in [0.25, 0.3) is 5.91 Å². The maximum atomic E-state index is 12.5. The Morgan fingerprint density at radius 1 is 1.13 bits per heavy atom. The first-order valence-electron chi connectivity index (χ1n) is 10.8. The Labute approximate surface area is 185 Å². The molecule has 7 nitrogen and oxygen atoms in total. The summed E-state index contributed by atoms with van der Waals surface area (Å²) in [5, 5.41) is 2.76. The van der Waals surface area contributed by atoms with Crippen LogP contribution in [0.15, 0.2) is 46.9 Å². The fraction of sp³-hybridized carbons (Fsp3) is 0.478. The molecule has 1 aliphatic carbocycles. The van der Waals surface area contributed by atoms with Crippen molar-refractivity contribution in [2.45, 2.75) is 50.8 Å². The van der Waals surface area contributed by atoms with Crippen LogP contribution < -0.4 is 5.32 Å². The van der Waals surface area contributed by atoms with E-state index in [-0.39, 0.29) is 17.4 Å². The van der Waals surface area contributed by atoms with Crippen LogP contribution in [-0.2, 0) is 24.3 Å². The number of allylic oxidation sites excluding steroid dienone is 1. The van der Waals surface area contributed by atoms with Crippen LogP contribution in [-0.4, -0.2) is 50.8 Å². The van der Waals surface area contributed by atoms with Gasteiger partial charge >= 0.3 is 5.97 Å². The van der Waals surface area contributed by atoms with E-state index in [1.807, 2.05) is 0 Å². The number of sulfonamides is 1. The quantitative estimate of drug-likeness (QED) is 0.319. The van der Waals surface area contributed by atoms with Gasteiger partial charge in [-0.25, -0.2) is 13.2 Å². The molecule has 0 heterocycles. The molecule has 2 rings (SSSR count). The minimum absolute atomic E-state index is 0.205. The van der Waals surface area contributed by atoms with Crippen molar-refractivity contribution < 1.29 is 22.7 Å². The molecule has 0 radical (unpaired) electrons. The number of carbonyl (C=O) groups is 2. The van der Waals surface area contributed by atoms with Crippen molar-refractivity contribution in [2.24, 2.45) is 0 Å². The van der Waals surface area contributed by atoms with Gasteiger partial charge in [0, 0.05) is 25.7 Å². The number of nitrogens with one attached hydrogen (secondary N) is 1. The van der Waals surface area contributed by atoms with E-state index in [0.29, 0.717) is 25.2 Å². The number of esters is 1. The molecule has 170 valence electrons. The average Bonchev–Trinajstić information content (AvgIpc) is 2.78. The molecule has 0 atom stereocenters. The van der Waals surface area contributed by atoms with E-state index in [0.717, 1.165) is 19.3 Å². The van der Waals surface area contributed by atoms with Gasteiger partial charge in [-0.2, -0.15) is 4.31 Å². The van der Waals surface area contributed by atoms with Crippen molar-refractivity contribution >= 4 is 28.0 Å². The third kappa shape index (κ3) is 7.95. The Kier molecular flexibility index (Phi) is 9.94. The molecule has 0 fully saturated rings. The van der Waals surface area contributed by atoms with Crippen molar-refractivity contribution in [3.05, 3.63) is 47.6 Å². The molecule has 0 saturated heterocycles. The summed E-state index contributed by atoms with van der Waals surface area (Å²) in [7, 11) is -3.51. The van der Waals surface area contributed by atoms with Crippen molar-refractivity contribution in [3.8, 4) is 0 Å². The molecular weight excluding hydrogens is 416 g/mol. The lowest BCUT2D eigenvalue weighted by molar-refractivity contribution is -0.143. The predicted molar refractivity (Wildman–Crippen MR) is 121 cm³/mol. The minimum Gasteiger partial charge on any atom is -0.452 e. The van der Waals surface area contributed by atoms with Gasteiger partial charge in [-0.05, 0) is 55.9 Å². The summed E-state index contributed by atoms with van der Waals surface area (Å²) < 4.78 is 31.3. The summed E-state index contributed by atoms with van der Waals surface area (Å²) >= 11 is 0. The largest absolute Gasteiger partial charge is 0.452 e. The summed E-state index contributed by atoms with van der Waals surface area (Å²) in [6, 6.07) is 6.25. The Morgan fingerprint density at radius 2 is 1.84 bits per heavy atom. The zero-order valence-corrected chi connectivity index (χ0v) is 19.1. The zero-order valence-electron chi connectivity index (χ0n) is 18.3. The maximum Gasteiger partial charge on any atom is 0.331 e. The van der Waals surface area contributed by atoms with Crippen LogP contribution in [0.25, 0.3) is 6.08 Å². The second-order valence-electron chi connectivity index (χ2n) is 7.31. The first-order chi connectivity index (χ1) is 14.9. The maximum absolute atomic E-state index is 12.5. The number of rotatable bonds is 11. The van der Waals surface area contributed by atoms with Gasteiger partial charge < -0.3 is 10.1 Å². The summed E-state index contributed by atoms with van der Waals surface area (Å²) in [5.41, 5.74) is 2.03. The second-order valence-corrected chi connectivity index (χ2v) is 9.25. The number of amides is 1. The van der Waals surface area contributed by atoms with Gasteiger partial charge in [-0.15, -0.1) is 0 Å². The number of nitrogens with zero attached hydrogens (tertiary/aromatic N) is 1. The number of hydrogen-bond donors (Lipinski definition) is 1. The van der Waals surface area contributed by atoms with Crippen LogP contribution in [0.2, 0.25) is 0 Å². The SMILES string of the molecule is CCN(CC)S(=O)(=O)c1ccc(/C=C/C(=O)OCC(=O)NCCC2=CCCCC2)cc1. The highest BCUT2D eigenvalue weighted by Crippen LogP contribution is 2.19. The van der Waals surface area contributed by atoms with E-state index in [1.165, 1.54) is 47.0 Å². The molecule has 31 heavy (non-hydrogen) atoms. The monoisotopic (exact) mass is 448 g/mol. The summed E-state index contributed by atoms with van der Waals surface area (Å²) in [4.78, 5) is 23.8. The molecule has 0 bridgehead atoms. The highest BCUT2D eigenvalue weighted by atomic mass is 32.2. The van der Waals surface area contributed by atoms with E-state index in [2.05, 4.69) is 11.4 Å². The van der Waals surface area contributed by atoms with Crippen LogP contribution in [0.3, 0.4) is 0 Å². The summed E-state index contributed by atoms with van der Waals surface area (Å²) in [5.74, 6) is -0.964. The number of hydrogen-bond acceptors (Lipinski definition) is 5. The average molecular weight is 449 g/mol. The lowest BCUT2D eigenvalue weighted by atomic mass is 9.97. The van der Waals surface area contributed by atoms with Crippen molar-refractivity contribution in [1.82, 2.24) is 9.62 Å². The molecule has 0 saturated carbocycles. The molecule has 1 amide bonds. The fourth-order valence-electron chi connectivity index (χ4n) is 3.36. The Bertz CT molecular complexity index is 900. The van der Waals surface area contributed by atoms with Crippen molar-refractivity contribution in [2.75, 3.05) is 26.2 Å². The van der Waals surface area contributed by atoms with E-state index >= 15 is 0 Å². The third-order valence-corrected chi connectivity index (χ3v) is 7.20.